The highest BCUT2D eigenvalue weighted by molar-refractivity contribution is 9.10. The lowest BCUT2D eigenvalue weighted by Gasteiger charge is -2.44. The third-order valence-electron chi connectivity index (χ3n) is 13.7. The van der Waals surface area contributed by atoms with Gasteiger partial charge in [-0.05, 0) is 97.3 Å². The Kier molecular flexibility index (Phi) is 13.7. The van der Waals surface area contributed by atoms with Gasteiger partial charge in [0.05, 0.1) is 46.3 Å². The van der Waals surface area contributed by atoms with Crippen molar-refractivity contribution >= 4 is 91.5 Å². The summed E-state index contributed by atoms with van der Waals surface area (Å²) in [5.41, 5.74) is 4.23. The van der Waals surface area contributed by atoms with Crippen LogP contribution in [0.25, 0.3) is 10.9 Å². The SMILES string of the molecule is CCc1cc(Nc2ncc(Br)c(Nc3ccc4ccnnc4c3P(C)(C)=O)n2)c(OC)cc1N1CCC(N2CCN(C(=O)[C@@H]3CCN(c4cc(F)c([C@H]5CCC(=O)NC5=O)c(F)c4)C3)CC2)CC1. The van der Waals surface area contributed by atoms with Crippen LogP contribution in [0.1, 0.15) is 56.1 Å². The molecule has 4 aliphatic heterocycles. The maximum absolute atomic E-state index is 15.3. The number of methoxy groups -OCH3 is 1. The van der Waals surface area contributed by atoms with Crippen molar-refractivity contribution < 1.29 is 32.5 Å². The Balaban J connectivity index is 0.793. The number of rotatable bonds is 12. The molecular formula is C48H55BrF2N11O5P. The number of anilines is 6. The Morgan fingerprint density at radius 1 is 0.926 bits per heavy atom. The molecule has 0 saturated carbocycles. The number of piperidine rings is 2. The molecule has 0 unspecified atom stereocenters. The molecule has 9 rings (SSSR count). The quantitative estimate of drug-likeness (QED) is 0.0866. The van der Waals surface area contributed by atoms with E-state index in [4.69, 9.17) is 9.72 Å². The average Bonchev–Trinajstić information content (AvgIpc) is 3.83. The van der Waals surface area contributed by atoms with Gasteiger partial charge in [0, 0.05) is 99.4 Å². The van der Waals surface area contributed by atoms with Crippen LogP contribution in [0, 0.1) is 17.6 Å². The van der Waals surface area contributed by atoms with Gasteiger partial charge in [0.2, 0.25) is 23.7 Å². The smallest absolute Gasteiger partial charge is 0.234 e. The van der Waals surface area contributed by atoms with Gasteiger partial charge in [0.25, 0.3) is 0 Å². The number of halogens is 3. The van der Waals surface area contributed by atoms with Crippen LogP contribution in [0.3, 0.4) is 0 Å². The van der Waals surface area contributed by atoms with Gasteiger partial charge in [-0.1, -0.05) is 13.0 Å². The Hall–Kier alpha value is -5.78. The number of amides is 3. The molecular weight excluding hydrogens is 959 g/mol. The van der Waals surface area contributed by atoms with E-state index in [9.17, 15) is 18.9 Å². The topological polar surface area (TPSA) is 178 Å². The van der Waals surface area contributed by atoms with Gasteiger partial charge < -0.3 is 34.6 Å². The summed E-state index contributed by atoms with van der Waals surface area (Å²) < 4.78 is 50.7. The van der Waals surface area contributed by atoms with Gasteiger partial charge in [-0.2, -0.15) is 10.1 Å². The minimum atomic E-state index is -2.80. The lowest BCUT2D eigenvalue weighted by atomic mass is 9.89. The van der Waals surface area contributed by atoms with Crippen molar-refractivity contribution in [1.29, 1.82) is 0 Å². The van der Waals surface area contributed by atoms with Gasteiger partial charge in [-0.3, -0.25) is 24.6 Å². The highest BCUT2D eigenvalue weighted by atomic mass is 79.9. The van der Waals surface area contributed by atoms with Crippen molar-refractivity contribution in [3.8, 4) is 5.75 Å². The summed E-state index contributed by atoms with van der Waals surface area (Å²) in [4.78, 5) is 55.7. The predicted molar refractivity (Wildman–Crippen MR) is 262 cm³/mol. The second-order valence-electron chi connectivity index (χ2n) is 18.3. The first-order chi connectivity index (χ1) is 32.7. The molecule has 4 saturated heterocycles. The van der Waals surface area contributed by atoms with Crippen LogP contribution in [0.15, 0.2) is 59.3 Å². The number of benzene rings is 3. The van der Waals surface area contributed by atoms with E-state index < -0.39 is 36.5 Å². The molecule has 2 aromatic heterocycles. The zero-order chi connectivity index (χ0) is 47.9. The average molecular weight is 1010 g/mol. The van der Waals surface area contributed by atoms with Gasteiger partial charge in [-0.25, -0.2) is 13.8 Å². The first-order valence-corrected chi connectivity index (χ1v) is 26.5. The van der Waals surface area contributed by atoms with E-state index in [0.717, 1.165) is 67.8 Å². The second-order valence-corrected chi connectivity index (χ2v) is 22.3. The summed E-state index contributed by atoms with van der Waals surface area (Å²) in [6.07, 6.45) is 6.69. The second kappa shape index (κ2) is 19.7. The minimum Gasteiger partial charge on any atom is -0.494 e. The summed E-state index contributed by atoms with van der Waals surface area (Å²) in [5.74, 6) is -2.57. The summed E-state index contributed by atoms with van der Waals surface area (Å²) in [6.45, 7) is 11.0. The van der Waals surface area contributed by atoms with Crippen LogP contribution in [-0.2, 0) is 25.4 Å². The van der Waals surface area contributed by atoms with E-state index in [-0.39, 0.29) is 30.2 Å². The Bertz CT molecular complexity index is 2800. The van der Waals surface area contributed by atoms with Crippen molar-refractivity contribution in [3.05, 3.63) is 82.1 Å². The number of aromatic nitrogens is 4. The van der Waals surface area contributed by atoms with E-state index in [1.165, 1.54) is 12.1 Å². The highest BCUT2D eigenvalue weighted by Crippen LogP contribution is 2.42. The van der Waals surface area contributed by atoms with E-state index >= 15 is 8.78 Å². The molecule has 20 heteroatoms. The lowest BCUT2D eigenvalue weighted by molar-refractivity contribution is -0.137. The third-order valence-corrected chi connectivity index (χ3v) is 15.8. The van der Waals surface area contributed by atoms with Crippen LogP contribution in [-0.4, -0.2) is 127 Å². The lowest BCUT2D eigenvalue weighted by Crippen LogP contribution is -2.55. The van der Waals surface area contributed by atoms with Gasteiger partial charge in [-0.15, -0.1) is 5.10 Å². The number of hydrogen-bond acceptors (Lipinski definition) is 14. The summed E-state index contributed by atoms with van der Waals surface area (Å²) in [7, 11) is -1.15. The Morgan fingerprint density at radius 2 is 1.66 bits per heavy atom. The fourth-order valence-corrected chi connectivity index (χ4v) is 11.9. The fourth-order valence-electron chi connectivity index (χ4n) is 10.2. The molecule has 5 aromatic rings. The molecule has 358 valence electrons. The van der Waals surface area contributed by atoms with E-state index in [1.54, 1.807) is 32.8 Å². The number of imide groups is 1. The summed E-state index contributed by atoms with van der Waals surface area (Å²) in [6, 6.07) is 12.7. The van der Waals surface area contributed by atoms with Crippen molar-refractivity contribution in [2.45, 2.75) is 57.4 Å². The summed E-state index contributed by atoms with van der Waals surface area (Å²) >= 11 is 3.58. The molecule has 0 spiro atoms. The van der Waals surface area contributed by atoms with Crippen molar-refractivity contribution in [3.63, 3.8) is 0 Å². The molecule has 3 aromatic carbocycles. The normalized spacial score (nSPS) is 19.7. The molecule has 3 N–H and O–H groups in total. The standard InChI is InChI=1S/C48H55BrF2N11O5P/c1-5-28-22-38(55-48-52-26-34(49)45(57-48)54-37-8-6-29-10-14-53-58-43(29)44(37)68(3,4)66)40(67-2)25-39(28)60-16-12-31(13-17-60)59-18-20-61(21-19-59)47(65)30-11-15-62(27-30)32-23-35(50)42(36(51)24-32)33-7-9-41(63)56-46(33)64/h6,8,10,14,22-26,30-31,33H,5,7,9,11-13,15-21,27H2,1-4H3,(H,56,63,64)(H2,52,54,55,57)/t30-,33-/m1/s1. The van der Waals surface area contributed by atoms with Crippen LogP contribution in [0.5, 0.6) is 5.75 Å². The number of piperazine rings is 1. The maximum atomic E-state index is 15.3. The third kappa shape index (κ3) is 9.74. The Morgan fingerprint density at radius 3 is 2.35 bits per heavy atom. The zero-order valence-corrected chi connectivity index (χ0v) is 41.0. The number of aryl methyl sites for hydroxylation is 1. The number of carbonyl (C=O) groups excluding carboxylic acids is 3. The highest BCUT2D eigenvalue weighted by Gasteiger charge is 2.37. The molecule has 6 heterocycles. The van der Waals surface area contributed by atoms with Crippen molar-refractivity contribution in [2.24, 2.45) is 5.92 Å². The van der Waals surface area contributed by atoms with Crippen LogP contribution in [0.4, 0.5) is 43.3 Å². The monoisotopic (exact) mass is 1010 g/mol. The van der Waals surface area contributed by atoms with Crippen LogP contribution in [0.2, 0.25) is 0 Å². The molecule has 4 fully saturated rings. The largest absolute Gasteiger partial charge is 0.494 e. The molecule has 68 heavy (non-hydrogen) atoms. The predicted octanol–water partition coefficient (Wildman–Crippen LogP) is 6.93. The molecule has 2 atom stereocenters. The molecule has 4 aliphatic rings. The van der Waals surface area contributed by atoms with E-state index in [0.29, 0.717) is 82.8 Å². The van der Waals surface area contributed by atoms with Crippen LogP contribution < -0.4 is 35.8 Å². The molecule has 0 bridgehead atoms. The summed E-state index contributed by atoms with van der Waals surface area (Å²) in [5, 5.41) is 18.7. The van der Waals surface area contributed by atoms with Gasteiger partial charge in [0.1, 0.15) is 35.9 Å². The number of carbonyl (C=O) groups is 3. The van der Waals surface area contributed by atoms with Crippen molar-refractivity contribution in [2.75, 3.05) is 93.2 Å². The number of hydrogen-bond donors (Lipinski definition) is 3. The number of nitrogens with zero attached hydrogens (tertiary/aromatic N) is 8. The fraction of sp³-hybridized carbons (Fsp3) is 0.438. The van der Waals surface area contributed by atoms with Gasteiger partial charge >= 0.3 is 0 Å². The number of nitrogens with one attached hydrogen (secondary N) is 3. The number of fused-ring (bicyclic) bond motifs is 1. The first kappa shape index (κ1) is 47.3. The molecule has 0 aliphatic carbocycles. The van der Waals surface area contributed by atoms with Crippen molar-refractivity contribution in [1.82, 2.24) is 35.3 Å². The van der Waals surface area contributed by atoms with Crippen LogP contribution >= 0.6 is 23.1 Å². The van der Waals surface area contributed by atoms with Gasteiger partial charge in [0.15, 0.2) is 0 Å². The first-order valence-electron chi connectivity index (χ1n) is 23.1. The maximum Gasteiger partial charge on any atom is 0.234 e. The van der Waals surface area contributed by atoms with E-state index in [1.807, 2.05) is 28.0 Å². The Labute approximate surface area is 402 Å². The molecule has 0 radical (unpaired) electrons. The number of ether oxygens (including phenoxy) is 1. The zero-order valence-electron chi connectivity index (χ0n) is 38.5. The molecule has 16 nitrogen and oxygen atoms in total. The molecule has 3 amide bonds. The minimum absolute atomic E-state index is 0.0253. The van der Waals surface area contributed by atoms with E-state index in [2.05, 4.69) is 75.9 Å².